The Morgan fingerprint density at radius 3 is 2.64 bits per heavy atom. The van der Waals surface area contributed by atoms with Crippen molar-refractivity contribution in [3.8, 4) is 11.5 Å². The van der Waals surface area contributed by atoms with Gasteiger partial charge in [-0.15, -0.1) is 0 Å². The number of nitrogens with one attached hydrogen (secondary N) is 1. The van der Waals surface area contributed by atoms with Gasteiger partial charge in [-0.25, -0.2) is 4.98 Å². The number of amidine groups is 1. The number of hydrogen-bond donors (Lipinski definition) is 2. The minimum Gasteiger partial charge on any atom is -0.509 e. The standard InChI is InChI=1S/C21H22N4O3/c1-4-24-15-8-6-5-7-14(15)23-21(24)19-17(26)12-25(20(19)22)16-11-13(27-2)9-10-18(16)28-3/h5-11,22,26H,4,12H2,1-3H3. The lowest BCUT2D eigenvalue weighted by Gasteiger charge is -2.22. The summed E-state index contributed by atoms with van der Waals surface area (Å²) in [5.74, 6) is 2.13. The molecule has 0 atom stereocenters. The molecule has 144 valence electrons. The van der Waals surface area contributed by atoms with E-state index in [9.17, 15) is 5.11 Å². The van der Waals surface area contributed by atoms with Crippen LogP contribution in [0.25, 0.3) is 16.6 Å². The van der Waals surface area contributed by atoms with Gasteiger partial charge in [0.05, 0.1) is 43.1 Å². The van der Waals surface area contributed by atoms with Gasteiger partial charge in [0, 0.05) is 12.6 Å². The van der Waals surface area contributed by atoms with Crippen LogP contribution in [-0.2, 0) is 6.54 Å². The summed E-state index contributed by atoms with van der Waals surface area (Å²) in [6, 6.07) is 13.2. The highest BCUT2D eigenvalue weighted by Gasteiger charge is 2.34. The van der Waals surface area contributed by atoms with E-state index >= 15 is 0 Å². The van der Waals surface area contributed by atoms with E-state index in [2.05, 4.69) is 0 Å². The summed E-state index contributed by atoms with van der Waals surface area (Å²) in [4.78, 5) is 6.39. The van der Waals surface area contributed by atoms with Gasteiger partial charge in [0.1, 0.15) is 28.9 Å². The van der Waals surface area contributed by atoms with E-state index in [0.29, 0.717) is 35.1 Å². The number of anilines is 1. The quantitative estimate of drug-likeness (QED) is 0.705. The maximum Gasteiger partial charge on any atom is 0.148 e. The predicted molar refractivity (Wildman–Crippen MR) is 110 cm³/mol. The number of rotatable bonds is 5. The number of imidazole rings is 1. The van der Waals surface area contributed by atoms with Crippen molar-refractivity contribution in [3.05, 3.63) is 54.0 Å². The molecule has 1 aliphatic rings. The first kappa shape index (κ1) is 17.9. The Morgan fingerprint density at radius 1 is 1.14 bits per heavy atom. The van der Waals surface area contributed by atoms with Crippen LogP contribution in [0.2, 0.25) is 0 Å². The number of aliphatic hydroxyl groups excluding tert-OH is 1. The van der Waals surface area contributed by atoms with Gasteiger partial charge in [-0.05, 0) is 31.2 Å². The molecule has 0 saturated heterocycles. The minimum absolute atomic E-state index is 0.111. The van der Waals surface area contributed by atoms with E-state index in [4.69, 9.17) is 19.9 Å². The van der Waals surface area contributed by atoms with E-state index in [0.717, 1.165) is 11.0 Å². The number of aliphatic hydroxyl groups is 1. The molecule has 0 amide bonds. The van der Waals surface area contributed by atoms with Crippen molar-refractivity contribution in [2.45, 2.75) is 13.5 Å². The molecule has 3 aromatic rings. The molecule has 4 rings (SSSR count). The summed E-state index contributed by atoms with van der Waals surface area (Å²) in [7, 11) is 3.17. The Hall–Kier alpha value is -3.48. The molecular formula is C21H22N4O3. The summed E-state index contributed by atoms with van der Waals surface area (Å²) in [6.07, 6.45) is 0. The average molecular weight is 378 g/mol. The number of para-hydroxylation sites is 2. The van der Waals surface area contributed by atoms with Crippen molar-refractivity contribution in [2.75, 3.05) is 25.7 Å². The van der Waals surface area contributed by atoms with Gasteiger partial charge >= 0.3 is 0 Å². The van der Waals surface area contributed by atoms with Gasteiger partial charge in [0.15, 0.2) is 0 Å². The van der Waals surface area contributed by atoms with E-state index in [1.807, 2.05) is 35.8 Å². The number of aromatic nitrogens is 2. The molecule has 0 unspecified atom stereocenters. The van der Waals surface area contributed by atoms with Crippen molar-refractivity contribution in [3.63, 3.8) is 0 Å². The van der Waals surface area contributed by atoms with Crippen LogP contribution >= 0.6 is 0 Å². The lowest BCUT2D eigenvalue weighted by Crippen LogP contribution is -2.27. The Kier molecular flexibility index (Phi) is 4.43. The highest BCUT2D eigenvalue weighted by molar-refractivity contribution is 6.30. The third-order valence-corrected chi connectivity index (χ3v) is 4.97. The zero-order chi connectivity index (χ0) is 19.8. The van der Waals surface area contributed by atoms with Gasteiger partial charge in [0.2, 0.25) is 0 Å². The molecule has 28 heavy (non-hydrogen) atoms. The van der Waals surface area contributed by atoms with Crippen LogP contribution < -0.4 is 14.4 Å². The first-order valence-corrected chi connectivity index (χ1v) is 9.05. The Morgan fingerprint density at radius 2 is 1.93 bits per heavy atom. The fourth-order valence-corrected chi connectivity index (χ4v) is 3.61. The number of methoxy groups -OCH3 is 2. The van der Waals surface area contributed by atoms with Crippen LogP contribution in [0.4, 0.5) is 5.69 Å². The Bertz CT molecular complexity index is 1100. The fraction of sp³-hybridized carbons (Fsp3) is 0.238. The highest BCUT2D eigenvalue weighted by Crippen LogP contribution is 2.38. The van der Waals surface area contributed by atoms with E-state index < -0.39 is 0 Å². The molecule has 2 heterocycles. The molecule has 7 heteroatoms. The van der Waals surface area contributed by atoms with Gasteiger partial charge in [0.25, 0.3) is 0 Å². The maximum absolute atomic E-state index is 10.8. The third-order valence-electron chi connectivity index (χ3n) is 4.97. The monoisotopic (exact) mass is 378 g/mol. The molecule has 0 spiro atoms. The second-order valence-corrected chi connectivity index (χ2v) is 6.46. The number of fused-ring (bicyclic) bond motifs is 1. The molecule has 7 nitrogen and oxygen atoms in total. The van der Waals surface area contributed by atoms with Gasteiger partial charge < -0.3 is 24.0 Å². The normalized spacial score (nSPS) is 14.2. The van der Waals surface area contributed by atoms with Crippen LogP contribution in [0.3, 0.4) is 0 Å². The smallest absolute Gasteiger partial charge is 0.148 e. The number of aryl methyl sites for hydroxylation is 1. The minimum atomic E-state index is 0.111. The summed E-state index contributed by atoms with van der Waals surface area (Å²) in [6.45, 7) is 2.88. The van der Waals surface area contributed by atoms with Gasteiger partial charge in [-0.2, -0.15) is 0 Å². The molecule has 0 fully saturated rings. The van der Waals surface area contributed by atoms with Crippen molar-refractivity contribution in [1.82, 2.24) is 9.55 Å². The van der Waals surface area contributed by atoms with Crippen molar-refractivity contribution in [1.29, 1.82) is 5.41 Å². The van der Waals surface area contributed by atoms with Crippen LogP contribution in [0.15, 0.2) is 48.2 Å². The van der Waals surface area contributed by atoms with Crippen molar-refractivity contribution >= 4 is 28.1 Å². The van der Waals surface area contributed by atoms with Crippen LogP contribution in [0, 0.1) is 5.41 Å². The molecule has 0 saturated carbocycles. The molecule has 0 radical (unpaired) electrons. The van der Waals surface area contributed by atoms with Crippen LogP contribution in [0.1, 0.15) is 12.7 Å². The summed E-state index contributed by atoms with van der Waals surface area (Å²) >= 11 is 0. The van der Waals surface area contributed by atoms with Crippen LogP contribution in [0.5, 0.6) is 11.5 Å². The largest absolute Gasteiger partial charge is 0.509 e. The van der Waals surface area contributed by atoms with E-state index in [1.165, 1.54) is 0 Å². The molecular weight excluding hydrogens is 356 g/mol. The number of hydrogen-bond acceptors (Lipinski definition) is 5. The summed E-state index contributed by atoms with van der Waals surface area (Å²) < 4.78 is 12.8. The Labute approximate surface area is 162 Å². The lowest BCUT2D eigenvalue weighted by atomic mass is 10.2. The topological polar surface area (TPSA) is 83.6 Å². The zero-order valence-electron chi connectivity index (χ0n) is 16.1. The second-order valence-electron chi connectivity index (χ2n) is 6.46. The summed E-state index contributed by atoms with van der Waals surface area (Å²) in [5.41, 5.74) is 2.91. The molecule has 2 aromatic carbocycles. The zero-order valence-corrected chi connectivity index (χ0v) is 16.1. The summed E-state index contributed by atoms with van der Waals surface area (Å²) in [5, 5.41) is 19.5. The molecule has 0 bridgehead atoms. The van der Waals surface area contributed by atoms with Crippen molar-refractivity contribution < 1.29 is 14.6 Å². The number of nitrogens with zero attached hydrogens (tertiary/aromatic N) is 3. The van der Waals surface area contributed by atoms with E-state index in [1.54, 1.807) is 37.3 Å². The number of ether oxygens (including phenoxy) is 2. The Balaban J connectivity index is 1.81. The first-order valence-electron chi connectivity index (χ1n) is 9.05. The average Bonchev–Trinajstić information content (AvgIpc) is 3.23. The lowest BCUT2D eigenvalue weighted by molar-refractivity contribution is 0.400. The van der Waals surface area contributed by atoms with Crippen LogP contribution in [-0.4, -0.2) is 41.3 Å². The molecule has 1 aromatic heterocycles. The second kappa shape index (κ2) is 6.92. The molecule has 0 aliphatic carbocycles. The molecule has 2 N–H and O–H groups in total. The van der Waals surface area contributed by atoms with E-state index in [-0.39, 0.29) is 18.1 Å². The predicted octanol–water partition coefficient (Wildman–Crippen LogP) is 3.84. The van der Waals surface area contributed by atoms with Gasteiger partial charge in [-0.1, -0.05) is 12.1 Å². The first-order chi connectivity index (χ1) is 13.6. The third kappa shape index (κ3) is 2.67. The molecule has 1 aliphatic heterocycles. The maximum atomic E-state index is 10.8. The SMILES string of the molecule is CCn1c(C2=C(O)CN(c3cc(OC)ccc3OC)C2=N)nc2ccccc21. The fourth-order valence-electron chi connectivity index (χ4n) is 3.61. The highest BCUT2D eigenvalue weighted by atomic mass is 16.5. The van der Waals surface area contributed by atoms with Crippen molar-refractivity contribution in [2.24, 2.45) is 0 Å². The van der Waals surface area contributed by atoms with Gasteiger partial charge in [-0.3, -0.25) is 5.41 Å². The number of benzene rings is 2.